The Kier molecular flexibility index (Phi) is 6.02. The van der Waals surface area contributed by atoms with Crippen molar-refractivity contribution in [3.8, 4) is 0 Å². The Labute approximate surface area is 135 Å². The summed E-state index contributed by atoms with van der Waals surface area (Å²) in [5, 5.41) is 2.80. The fourth-order valence-corrected chi connectivity index (χ4v) is 2.31. The molecule has 6 heteroatoms. The Morgan fingerprint density at radius 3 is 2.91 bits per heavy atom. The molecule has 0 atom stereocenters. The molecule has 2 aromatic heterocycles. The highest BCUT2D eigenvalue weighted by molar-refractivity contribution is 5.92. The van der Waals surface area contributed by atoms with Crippen molar-refractivity contribution in [2.45, 2.75) is 33.1 Å². The highest BCUT2D eigenvalue weighted by atomic mass is 16.2. The molecule has 0 bridgehead atoms. The number of hydrogen-bond acceptors (Lipinski definition) is 4. The van der Waals surface area contributed by atoms with Gasteiger partial charge < -0.3 is 10.3 Å². The number of rotatable bonds is 7. The first kappa shape index (κ1) is 16.9. The lowest BCUT2D eigenvalue weighted by Crippen LogP contribution is -2.29. The number of H-pyrrole nitrogens is 1. The molecule has 0 aromatic carbocycles. The molecule has 0 aliphatic rings. The summed E-state index contributed by atoms with van der Waals surface area (Å²) in [5.41, 5.74) is 1.56. The van der Waals surface area contributed by atoms with Crippen molar-refractivity contribution in [3.63, 3.8) is 0 Å². The topological polar surface area (TPSA) is 87.7 Å². The molecule has 0 radical (unpaired) electrons. The zero-order chi connectivity index (χ0) is 16.7. The van der Waals surface area contributed by atoms with Crippen LogP contribution in [0, 0.1) is 5.92 Å². The first-order valence-corrected chi connectivity index (χ1v) is 7.82. The minimum atomic E-state index is -0.483. The molecule has 2 heterocycles. The van der Waals surface area contributed by atoms with Gasteiger partial charge in [0.1, 0.15) is 5.69 Å². The van der Waals surface area contributed by atoms with Gasteiger partial charge in [0.15, 0.2) is 0 Å². The number of aromatic amines is 1. The molecule has 6 nitrogen and oxygen atoms in total. The van der Waals surface area contributed by atoms with Gasteiger partial charge in [-0.25, -0.2) is 4.79 Å². The van der Waals surface area contributed by atoms with Gasteiger partial charge in [0.25, 0.3) is 5.91 Å². The first-order chi connectivity index (χ1) is 11.0. The second-order valence-electron chi connectivity index (χ2n) is 5.92. The second-order valence-corrected chi connectivity index (χ2v) is 5.92. The van der Waals surface area contributed by atoms with Crippen molar-refractivity contribution >= 4 is 5.91 Å². The van der Waals surface area contributed by atoms with Crippen LogP contribution in [0.3, 0.4) is 0 Å². The molecule has 2 rings (SSSR count). The number of nitrogens with zero attached hydrogens (tertiary/aromatic N) is 2. The van der Waals surface area contributed by atoms with Crippen LogP contribution < -0.4 is 11.0 Å². The Bertz CT molecular complexity index is 695. The molecule has 0 saturated heterocycles. The van der Waals surface area contributed by atoms with Gasteiger partial charge in [-0.2, -0.15) is 4.98 Å². The number of aromatic nitrogens is 3. The number of carbonyl (C=O) groups excluding carboxylic acids is 1. The quantitative estimate of drug-likeness (QED) is 0.762. The molecule has 0 unspecified atom stereocenters. The molecule has 1 amide bonds. The number of aryl methyl sites for hydroxylation is 1. The van der Waals surface area contributed by atoms with Crippen LogP contribution in [-0.4, -0.2) is 27.4 Å². The van der Waals surface area contributed by atoms with E-state index in [0.717, 1.165) is 24.1 Å². The van der Waals surface area contributed by atoms with Gasteiger partial charge in [0.2, 0.25) is 0 Å². The number of hydrogen-bond donors (Lipinski definition) is 2. The third kappa shape index (κ3) is 5.65. The summed E-state index contributed by atoms with van der Waals surface area (Å²) in [6.45, 7) is 4.63. The number of carbonyl (C=O) groups is 1. The van der Waals surface area contributed by atoms with E-state index in [2.05, 4.69) is 34.1 Å². The lowest BCUT2D eigenvalue weighted by molar-refractivity contribution is 0.0947. The average molecular weight is 314 g/mol. The molecular weight excluding hydrogens is 292 g/mol. The van der Waals surface area contributed by atoms with Gasteiger partial charge in [-0.1, -0.05) is 19.9 Å². The van der Waals surface area contributed by atoms with E-state index in [1.165, 1.54) is 0 Å². The monoisotopic (exact) mass is 314 g/mol. The molecule has 2 N–H and O–H groups in total. The maximum atomic E-state index is 12.1. The summed E-state index contributed by atoms with van der Waals surface area (Å²) in [5.74, 6) is 0.0794. The standard InChI is InChI=1S/C17H22N4O2/c1-12(2)9-14-10-15(21-17(23)20-14)16(22)19-8-4-6-13-5-3-7-18-11-13/h3,5,7,10-12H,4,6,8-9H2,1-2H3,(H,19,22)(H,20,21,23). The Hall–Kier alpha value is -2.50. The van der Waals surface area contributed by atoms with Gasteiger partial charge in [-0.05, 0) is 42.9 Å². The maximum absolute atomic E-state index is 12.1. The average Bonchev–Trinajstić information content (AvgIpc) is 2.51. The Morgan fingerprint density at radius 2 is 2.22 bits per heavy atom. The molecule has 122 valence electrons. The maximum Gasteiger partial charge on any atom is 0.345 e. The summed E-state index contributed by atoms with van der Waals surface area (Å²) in [7, 11) is 0. The second kappa shape index (κ2) is 8.22. The van der Waals surface area contributed by atoms with Gasteiger partial charge in [0, 0.05) is 24.6 Å². The normalized spacial score (nSPS) is 10.7. The zero-order valence-corrected chi connectivity index (χ0v) is 13.5. The predicted octanol–water partition coefficient (Wildman–Crippen LogP) is 1.73. The van der Waals surface area contributed by atoms with E-state index in [4.69, 9.17) is 0 Å². The van der Waals surface area contributed by atoms with Crippen molar-refractivity contribution in [3.05, 3.63) is 58.0 Å². The van der Waals surface area contributed by atoms with Gasteiger partial charge in [-0.3, -0.25) is 9.78 Å². The molecule has 0 aliphatic carbocycles. The molecule has 0 fully saturated rings. The fourth-order valence-electron chi connectivity index (χ4n) is 2.31. The van der Waals surface area contributed by atoms with E-state index in [1.807, 2.05) is 18.3 Å². The van der Waals surface area contributed by atoms with E-state index in [-0.39, 0.29) is 11.6 Å². The van der Waals surface area contributed by atoms with Crippen molar-refractivity contribution in [2.75, 3.05) is 6.54 Å². The number of pyridine rings is 1. The van der Waals surface area contributed by atoms with E-state index in [0.29, 0.717) is 18.9 Å². The third-order valence-electron chi connectivity index (χ3n) is 3.31. The smallest absolute Gasteiger partial charge is 0.345 e. The van der Waals surface area contributed by atoms with Crippen LogP contribution in [0.4, 0.5) is 0 Å². The molecule has 2 aromatic rings. The zero-order valence-electron chi connectivity index (χ0n) is 13.5. The van der Waals surface area contributed by atoms with Crippen LogP contribution in [0.2, 0.25) is 0 Å². The fraction of sp³-hybridized carbons (Fsp3) is 0.412. The van der Waals surface area contributed by atoms with Crippen LogP contribution in [0.25, 0.3) is 0 Å². The van der Waals surface area contributed by atoms with Crippen LogP contribution in [0.5, 0.6) is 0 Å². The number of nitrogens with one attached hydrogen (secondary N) is 2. The lowest BCUT2D eigenvalue weighted by atomic mass is 10.1. The van der Waals surface area contributed by atoms with Crippen molar-refractivity contribution in [1.29, 1.82) is 0 Å². The highest BCUT2D eigenvalue weighted by Crippen LogP contribution is 2.05. The first-order valence-electron chi connectivity index (χ1n) is 7.82. The van der Waals surface area contributed by atoms with Crippen molar-refractivity contribution < 1.29 is 4.79 Å². The molecule has 0 spiro atoms. The lowest BCUT2D eigenvalue weighted by Gasteiger charge is -2.07. The SMILES string of the molecule is CC(C)Cc1cc(C(=O)NCCCc2cccnc2)nc(=O)[nH]1. The summed E-state index contributed by atoms with van der Waals surface area (Å²) in [6.07, 6.45) is 5.91. The van der Waals surface area contributed by atoms with Crippen LogP contribution in [-0.2, 0) is 12.8 Å². The Balaban J connectivity index is 1.88. The van der Waals surface area contributed by atoms with Crippen LogP contribution in [0.15, 0.2) is 35.4 Å². The van der Waals surface area contributed by atoms with Gasteiger partial charge in [0.05, 0.1) is 0 Å². The number of amides is 1. The Morgan fingerprint density at radius 1 is 1.39 bits per heavy atom. The summed E-state index contributed by atoms with van der Waals surface area (Å²) >= 11 is 0. The van der Waals surface area contributed by atoms with Crippen LogP contribution in [0.1, 0.15) is 42.0 Å². The minimum Gasteiger partial charge on any atom is -0.351 e. The summed E-state index contributed by atoms with van der Waals surface area (Å²) in [4.78, 5) is 34.1. The largest absolute Gasteiger partial charge is 0.351 e. The molecule has 23 heavy (non-hydrogen) atoms. The van der Waals surface area contributed by atoms with Gasteiger partial charge >= 0.3 is 5.69 Å². The molecule has 0 saturated carbocycles. The highest BCUT2D eigenvalue weighted by Gasteiger charge is 2.10. The third-order valence-corrected chi connectivity index (χ3v) is 3.31. The minimum absolute atomic E-state index is 0.172. The van der Waals surface area contributed by atoms with Crippen molar-refractivity contribution in [2.24, 2.45) is 5.92 Å². The molecule has 0 aliphatic heterocycles. The van der Waals surface area contributed by atoms with E-state index in [9.17, 15) is 9.59 Å². The van der Waals surface area contributed by atoms with Crippen LogP contribution >= 0.6 is 0 Å². The van der Waals surface area contributed by atoms with E-state index < -0.39 is 5.69 Å². The summed E-state index contributed by atoms with van der Waals surface area (Å²) in [6, 6.07) is 5.55. The molecular formula is C17H22N4O2. The van der Waals surface area contributed by atoms with E-state index in [1.54, 1.807) is 12.3 Å². The van der Waals surface area contributed by atoms with E-state index >= 15 is 0 Å². The van der Waals surface area contributed by atoms with Crippen molar-refractivity contribution in [1.82, 2.24) is 20.3 Å². The van der Waals surface area contributed by atoms with Gasteiger partial charge in [-0.15, -0.1) is 0 Å². The predicted molar refractivity (Wildman–Crippen MR) is 88.3 cm³/mol. The summed E-state index contributed by atoms with van der Waals surface area (Å²) < 4.78 is 0.